The number of amides is 1. The maximum atomic E-state index is 13.1. The van der Waals surface area contributed by atoms with E-state index in [9.17, 15) is 9.90 Å². The zero-order valence-electron chi connectivity index (χ0n) is 21.6. The molecule has 0 aliphatic carbocycles. The monoisotopic (exact) mass is 490 g/mol. The SMILES string of the molecule is CC/C(C=N)=C(CN[C@@H]1CCN(C(=O)c2ccc(N)c(C)c2)[C@H](C)C1)/N=C(\C)Nc1ccc(O)cc1. The average molecular weight is 491 g/mol. The third-order valence-corrected chi connectivity index (χ3v) is 6.63. The first kappa shape index (κ1) is 26.9. The van der Waals surface area contributed by atoms with Gasteiger partial charge < -0.3 is 31.8 Å². The first-order valence-corrected chi connectivity index (χ1v) is 12.5. The van der Waals surface area contributed by atoms with Gasteiger partial charge in [-0.15, -0.1) is 0 Å². The van der Waals surface area contributed by atoms with Crippen LogP contribution < -0.4 is 16.4 Å². The number of aliphatic imine (C=N–C) groups is 1. The molecule has 1 heterocycles. The Morgan fingerprint density at radius 3 is 2.61 bits per heavy atom. The second-order valence-corrected chi connectivity index (χ2v) is 9.36. The highest BCUT2D eigenvalue weighted by Gasteiger charge is 2.29. The molecular weight excluding hydrogens is 452 g/mol. The van der Waals surface area contributed by atoms with Crippen LogP contribution in [0.5, 0.6) is 5.75 Å². The van der Waals surface area contributed by atoms with Crippen molar-refractivity contribution in [3.8, 4) is 5.75 Å². The minimum Gasteiger partial charge on any atom is -0.508 e. The summed E-state index contributed by atoms with van der Waals surface area (Å²) in [6.07, 6.45) is 3.76. The van der Waals surface area contributed by atoms with Crippen molar-refractivity contribution in [3.63, 3.8) is 0 Å². The molecule has 8 heteroatoms. The van der Waals surface area contributed by atoms with Gasteiger partial charge >= 0.3 is 0 Å². The van der Waals surface area contributed by atoms with Crippen LogP contribution in [0.15, 0.2) is 58.7 Å². The molecule has 1 saturated heterocycles. The predicted octanol–water partition coefficient (Wildman–Crippen LogP) is 4.71. The topological polar surface area (TPSA) is 127 Å². The lowest BCUT2D eigenvalue weighted by Crippen LogP contribution is -2.50. The fraction of sp³-hybridized carbons (Fsp3) is 0.393. The van der Waals surface area contributed by atoms with E-state index in [2.05, 4.69) is 17.6 Å². The van der Waals surface area contributed by atoms with Crippen molar-refractivity contribution in [2.75, 3.05) is 24.1 Å². The molecular formula is C28H38N6O2. The molecule has 6 N–H and O–H groups in total. The number of carbonyl (C=O) groups excluding carboxylic acids is 1. The predicted molar refractivity (Wildman–Crippen MR) is 148 cm³/mol. The van der Waals surface area contributed by atoms with Crippen LogP contribution in [0.25, 0.3) is 0 Å². The van der Waals surface area contributed by atoms with E-state index in [0.717, 1.165) is 35.4 Å². The van der Waals surface area contributed by atoms with E-state index in [-0.39, 0.29) is 23.7 Å². The van der Waals surface area contributed by atoms with E-state index in [1.165, 1.54) is 6.21 Å². The third kappa shape index (κ3) is 6.95. The van der Waals surface area contributed by atoms with Gasteiger partial charge in [-0.3, -0.25) is 4.79 Å². The standard InChI is InChI=1S/C28H38N6O2/c1-5-21(16-29)27(33-20(4)32-23-7-9-25(35)10-8-23)17-31-24-12-13-34(19(3)15-24)28(36)22-6-11-26(30)18(2)14-22/h6-11,14,16,19,24,29,31,35H,5,12-13,15,17,30H2,1-4H3,(H,32,33)/b27-21-,29-16?/t19-,24-/m1/s1. The molecule has 8 nitrogen and oxygen atoms in total. The van der Waals surface area contributed by atoms with E-state index in [0.29, 0.717) is 36.6 Å². The Labute approximate surface area is 213 Å². The summed E-state index contributed by atoms with van der Waals surface area (Å²) in [5.41, 5.74) is 10.7. The number of hydrogen-bond acceptors (Lipinski definition) is 6. The Hall–Kier alpha value is -3.65. The Bertz CT molecular complexity index is 1140. The lowest BCUT2D eigenvalue weighted by molar-refractivity contribution is 0.0604. The van der Waals surface area contributed by atoms with Gasteiger partial charge in [0.25, 0.3) is 5.91 Å². The van der Waals surface area contributed by atoms with Crippen molar-refractivity contribution in [1.82, 2.24) is 10.2 Å². The van der Waals surface area contributed by atoms with Crippen molar-refractivity contribution in [2.45, 2.75) is 59.0 Å². The highest BCUT2D eigenvalue weighted by Crippen LogP contribution is 2.22. The van der Waals surface area contributed by atoms with Gasteiger partial charge in [-0.05, 0) is 93.6 Å². The number of amidine groups is 1. The summed E-state index contributed by atoms with van der Waals surface area (Å²) in [6, 6.07) is 12.6. The van der Waals surface area contributed by atoms with Gasteiger partial charge in [0.05, 0.1) is 5.70 Å². The third-order valence-electron chi connectivity index (χ3n) is 6.63. The summed E-state index contributed by atoms with van der Waals surface area (Å²) in [4.78, 5) is 19.8. The number of allylic oxidation sites excluding steroid dienone is 1. The Morgan fingerprint density at radius 1 is 1.28 bits per heavy atom. The largest absolute Gasteiger partial charge is 0.508 e. The summed E-state index contributed by atoms with van der Waals surface area (Å²) in [7, 11) is 0. The van der Waals surface area contributed by atoms with Crippen LogP contribution in [0, 0.1) is 12.3 Å². The molecule has 1 aliphatic rings. The molecule has 2 aromatic rings. The molecule has 0 radical (unpaired) electrons. The Kier molecular flexibility index (Phi) is 9.25. The molecule has 2 atom stereocenters. The zero-order chi connectivity index (χ0) is 26.2. The van der Waals surface area contributed by atoms with E-state index >= 15 is 0 Å². The number of piperidine rings is 1. The van der Waals surface area contributed by atoms with E-state index in [1.54, 1.807) is 36.4 Å². The summed E-state index contributed by atoms with van der Waals surface area (Å²) in [5.74, 6) is 0.961. The Balaban J connectivity index is 1.63. The first-order chi connectivity index (χ1) is 17.2. The van der Waals surface area contributed by atoms with Crippen LogP contribution >= 0.6 is 0 Å². The fourth-order valence-electron chi connectivity index (χ4n) is 4.47. The van der Waals surface area contributed by atoms with E-state index in [1.807, 2.05) is 31.7 Å². The summed E-state index contributed by atoms with van der Waals surface area (Å²) >= 11 is 0. The minimum atomic E-state index is 0.0437. The molecule has 0 bridgehead atoms. The van der Waals surface area contributed by atoms with Crippen molar-refractivity contribution in [2.24, 2.45) is 4.99 Å². The van der Waals surface area contributed by atoms with Gasteiger partial charge in [-0.1, -0.05) is 6.92 Å². The zero-order valence-corrected chi connectivity index (χ0v) is 21.6. The van der Waals surface area contributed by atoms with Gasteiger partial charge in [-0.25, -0.2) is 4.99 Å². The van der Waals surface area contributed by atoms with Crippen LogP contribution in [-0.4, -0.2) is 53.1 Å². The first-order valence-electron chi connectivity index (χ1n) is 12.5. The van der Waals surface area contributed by atoms with Crippen LogP contribution in [0.3, 0.4) is 0 Å². The highest BCUT2D eigenvalue weighted by molar-refractivity contribution is 5.95. The lowest BCUT2D eigenvalue weighted by Gasteiger charge is -2.38. The molecule has 1 fully saturated rings. The molecule has 1 aliphatic heterocycles. The van der Waals surface area contributed by atoms with Crippen molar-refractivity contribution < 1.29 is 9.90 Å². The quantitative estimate of drug-likeness (QED) is 0.159. The van der Waals surface area contributed by atoms with Crippen LogP contribution in [0.2, 0.25) is 0 Å². The van der Waals surface area contributed by atoms with E-state index < -0.39 is 0 Å². The smallest absolute Gasteiger partial charge is 0.254 e. The lowest BCUT2D eigenvalue weighted by atomic mass is 9.96. The number of nitrogens with zero attached hydrogens (tertiary/aromatic N) is 2. The molecule has 0 saturated carbocycles. The number of anilines is 2. The number of rotatable bonds is 8. The second-order valence-electron chi connectivity index (χ2n) is 9.36. The average Bonchev–Trinajstić information content (AvgIpc) is 2.86. The van der Waals surface area contributed by atoms with E-state index in [4.69, 9.17) is 16.1 Å². The van der Waals surface area contributed by atoms with Crippen LogP contribution in [0.1, 0.15) is 56.0 Å². The highest BCUT2D eigenvalue weighted by atomic mass is 16.3. The Morgan fingerprint density at radius 2 is 2.00 bits per heavy atom. The number of hydrogen-bond donors (Lipinski definition) is 5. The number of aryl methyl sites for hydroxylation is 1. The van der Waals surface area contributed by atoms with Crippen molar-refractivity contribution >= 4 is 29.3 Å². The number of benzene rings is 2. The fourth-order valence-corrected chi connectivity index (χ4v) is 4.47. The van der Waals surface area contributed by atoms with Gasteiger partial charge in [0.2, 0.25) is 0 Å². The number of nitrogen functional groups attached to an aromatic ring is 1. The number of nitrogens with two attached hydrogens (primary N) is 1. The maximum Gasteiger partial charge on any atom is 0.254 e. The summed E-state index contributed by atoms with van der Waals surface area (Å²) in [5, 5.41) is 24.2. The van der Waals surface area contributed by atoms with Gasteiger partial charge in [0.1, 0.15) is 11.6 Å². The number of likely N-dealkylation sites (tertiary alicyclic amines) is 1. The number of phenolic OH excluding ortho intramolecular Hbond substituents is 1. The van der Waals surface area contributed by atoms with Crippen molar-refractivity contribution in [3.05, 3.63) is 64.9 Å². The number of aromatic hydroxyl groups is 1. The molecule has 0 aromatic heterocycles. The van der Waals surface area contributed by atoms with Gasteiger partial charge in [0, 0.05) is 48.3 Å². The minimum absolute atomic E-state index is 0.0437. The molecule has 192 valence electrons. The maximum absolute atomic E-state index is 13.1. The second kappa shape index (κ2) is 12.4. The number of phenols is 1. The normalized spacial score (nSPS) is 19.0. The van der Waals surface area contributed by atoms with Crippen LogP contribution in [0.4, 0.5) is 11.4 Å². The number of nitrogens with one attached hydrogen (secondary N) is 3. The molecule has 2 aromatic carbocycles. The van der Waals surface area contributed by atoms with Crippen LogP contribution in [-0.2, 0) is 0 Å². The number of carbonyl (C=O) groups is 1. The molecule has 0 spiro atoms. The molecule has 1 amide bonds. The van der Waals surface area contributed by atoms with Gasteiger partial charge in [0.15, 0.2) is 0 Å². The summed E-state index contributed by atoms with van der Waals surface area (Å²) in [6.45, 7) is 9.12. The molecule has 3 rings (SSSR count). The van der Waals surface area contributed by atoms with Crippen molar-refractivity contribution in [1.29, 1.82) is 5.41 Å². The summed E-state index contributed by atoms with van der Waals surface area (Å²) < 4.78 is 0. The molecule has 36 heavy (non-hydrogen) atoms. The molecule has 0 unspecified atom stereocenters. The van der Waals surface area contributed by atoms with Gasteiger partial charge in [-0.2, -0.15) is 0 Å².